The number of rotatable bonds is 5. The summed E-state index contributed by atoms with van der Waals surface area (Å²) in [7, 11) is 3.24. The molecule has 0 aliphatic carbocycles. The topological polar surface area (TPSA) is 74.1 Å². The fraction of sp³-hybridized carbons (Fsp3) is 0.214. The van der Waals surface area contributed by atoms with Crippen molar-refractivity contribution in [3.63, 3.8) is 0 Å². The van der Waals surface area contributed by atoms with Crippen LogP contribution in [0, 0.1) is 0 Å². The first kappa shape index (κ1) is 13.2. The first-order valence-corrected chi connectivity index (χ1v) is 6.39. The Morgan fingerprint density at radius 1 is 1.14 bits per heavy atom. The Balaban J connectivity index is 1.78. The summed E-state index contributed by atoms with van der Waals surface area (Å²) in [5.74, 6) is 1.41. The number of methoxy groups -OCH3 is 2. The number of imidazole rings is 1. The lowest BCUT2D eigenvalue weighted by molar-refractivity contribution is 0.354. The summed E-state index contributed by atoms with van der Waals surface area (Å²) in [6.45, 7) is 0.607. The number of ether oxygens (including phenoxy) is 2. The van der Waals surface area contributed by atoms with E-state index in [9.17, 15) is 0 Å². The molecule has 1 aromatic carbocycles. The van der Waals surface area contributed by atoms with Crippen LogP contribution in [0.3, 0.4) is 0 Å². The molecular weight excluding hydrogens is 270 g/mol. The average Bonchev–Trinajstić information content (AvgIpc) is 2.96. The number of nitrogens with one attached hydrogen (secondary N) is 1. The lowest BCUT2D eigenvalue weighted by Gasteiger charge is -2.11. The summed E-state index contributed by atoms with van der Waals surface area (Å²) in [4.78, 5) is 12.4. The van der Waals surface area contributed by atoms with Crippen molar-refractivity contribution in [3.8, 4) is 11.5 Å². The molecule has 0 fully saturated rings. The van der Waals surface area contributed by atoms with Gasteiger partial charge in [-0.05, 0) is 17.7 Å². The molecule has 0 unspecified atom stereocenters. The van der Waals surface area contributed by atoms with Gasteiger partial charge in [-0.25, -0.2) is 19.6 Å². The zero-order valence-electron chi connectivity index (χ0n) is 11.8. The zero-order chi connectivity index (χ0) is 14.7. The van der Waals surface area contributed by atoms with Crippen LogP contribution in [0.25, 0.3) is 11.2 Å². The molecular formula is C14H15N5O2. The van der Waals surface area contributed by atoms with Gasteiger partial charge in [0.25, 0.3) is 0 Å². The molecule has 0 atom stereocenters. The molecule has 0 amide bonds. The lowest BCUT2D eigenvalue weighted by Crippen LogP contribution is -2.13. The third-order valence-electron chi connectivity index (χ3n) is 3.11. The van der Waals surface area contributed by atoms with Gasteiger partial charge in [0, 0.05) is 0 Å². The molecule has 0 saturated carbocycles. The van der Waals surface area contributed by atoms with E-state index < -0.39 is 0 Å². The molecule has 0 aliphatic heterocycles. The first-order valence-electron chi connectivity index (χ1n) is 6.39. The van der Waals surface area contributed by atoms with Crippen molar-refractivity contribution in [2.45, 2.75) is 6.54 Å². The van der Waals surface area contributed by atoms with Gasteiger partial charge in [0.2, 0.25) is 0 Å². The van der Waals surface area contributed by atoms with E-state index in [2.05, 4.69) is 20.4 Å². The molecule has 3 rings (SSSR count). The van der Waals surface area contributed by atoms with E-state index in [0.717, 1.165) is 16.7 Å². The van der Waals surface area contributed by atoms with Crippen molar-refractivity contribution in [2.24, 2.45) is 0 Å². The minimum absolute atomic E-state index is 0.607. The molecule has 7 heteroatoms. The van der Waals surface area contributed by atoms with Crippen molar-refractivity contribution >= 4 is 11.2 Å². The number of hydrogen-bond acceptors (Lipinski definition) is 6. The van der Waals surface area contributed by atoms with Gasteiger partial charge in [-0.3, -0.25) is 0 Å². The molecule has 2 aromatic heterocycles. The summed E-state index contributed by atoms with van der Waals surface area (Å²) in [6, 6.07) is 5.78. The highest BCUT2D eigenvalue weighted by Crippen LogP contribution is 2.27. The first-order chi connectivity index (χ1) is 10.3. The molecule has 0 bridgehead atoms. The van der Waals surface area contributed by atoms with Gasteiger partial charge in [0.15, 0.2) is 17.1 Å². The van der Waals surface area contributed by atoms with Crippen LogP contribution in [0.15, 0.2) is 37.1 Å². The Labute approximate surface area is 121 Å². The van der Waals surface area contributed by atoms with Gasteiger partial charge in [-0.15, -0.1) is 0 Å². The normalized spacial score (nSPS) is 10.6. The highest BCUT2D eigenvalue weighted by Gasteiger charge is 2.06. The van der Waals surface area contributed by atoms with Gasteiger partial charge in [-0.2, -0.15) is 0 Å². The summed E-state index contributed by atoms with van der Waals surface area (Å²) in [5.41, 5.74) is 5.79. The van der Waals surface area contributed by atoms with E-state index >= 15 is 0 Å². The third kappa shape index (κ3) is 2.58. The zero-order valence-corrected chi connectivity index (χ0v) is 11.8. The maximum atomic E-state index is 5.29. The molecule has 2 heterocycles. The predicted molar refractivity (Wildman–Crippen MR) is 77.9 cm³/mol. The third-order valence-corrected chi connectivity index (χ3v) is 3.11. The number of aromatic nitrogens is 4. The Hall–Kier alpha value is -2.83. The van der Waals surface area contributed by atoms with Crippen LogP contribution >= 0.6 is 0 Å². The number of fused-ring (bicyclic) bond motifs is 1. The standard InChI is InChI=1S/C14H15N5O2/c1-20-12-4-3-10(5-13(12)21-2)6-18-19-9-17-11-7-15-8-16-14(11)19/h3-5,7-9,18H,6H2,1-2H3. The van der Waals surface area contributed by atoms with Gasteiger partial charge < -0.3 is 14.9 Å². The van der Waals surface area contributed by atoms with Gasteiger partial charge >= 0.3 is 0 Å². The SMILES string of the molecule is COc1ccc(CNn2cnc3cncnc32)cc1OC. The van der Waals surface area contributed by atoms with Crippen molar-refractivity contribution in [1.29, 1.82) is 0 Å². The van der Waals surface area contributed by atoms with E-state index in [0.29, 0.717) is 18.0 Å². The Morgan fingerprint density at radius 2 is 2.00 bits per heavy atom. The highest BCUT2D eigenvalue weighted by atomic mass is 16.5. The maximum absolute atomic E-state index is 5.29. The average molecular weight is 285 g/mol. The second kappa shape index (κ2) is 5.66. The van der Waals surface area contributed by atoms with Crippen LogP contribution in [0.1, 0.15) is 5.56 Å². The monoisotopic (exact) mass is 285 g/mol. The van der Waals surface area contributed by atoms with Crippen molar-refractivity contribution < 1.29 is 9.47 Å². The Morgan fingerprint density at radius 3 is 2.81 bits per heavy atom. The summed E-state index contributed by atoms with van der Waals surface area (Å²) < 4.78 is 12.3. The van der Waals surface area contributed by atoms with E-state index in [4.69, 9.17) is 9.47 Å². The molecule has 21 heavy (non-hydrogen) atoms. The second-order valence-corrected chi connectivity index (χ2v) is 4.37. The van der Waals surface area contributed by atoms with Crippen LogP contribution in [0.5, 0.6) is 11.5 Å². The lowest BCUT2D eigenvalue weighted by atomic mass is 10.2. The minimum atomic E-state index is 0.607. The quantitative estimate of drug-likeness (QED) is 0.767. The van der Waals surface area contributed by atoms with Crippen molar-refractivity contribution in [3.05, 3.63) is 42.6 Å². The van der Waals surface area contributed by atoms with Crippen LogP contribution in [0.2, 0.25) is 0 Å². The summed E-state index contributed by atoms with van der Waals surface area (Å²) >= 11 is 0. The number of hydrogen-bond donors (Lipinski definition) is 1. The fourth-order valence-corrected chi connectivity index (χ4v) is 2.05. The van der Waals surface area contributed by atoms with Crippen LogP contribution < -0.4 is 14.9 Å². The predicted octanol–water partition coefficient (Wildman–Crippen LogP) is 1.59. The second-order valence-electron chi connectivity index (χ2n) is 4.37. The van der Waals surface area contributed by atoms with Crippen LogP contribution in [-0.2, 0) is 6.54 Å². The van der Waals surface area contributed by atoms with Gasteiger partial charge in [0.1, 0.15) is 18.2 Å². The van der Waals surface area contributed by atoms with Gasteiger partial charge in [-0.1, -0.05) is 6.07 Å². The van der Waals surface area contributed by atoms with Crippen molar-refractivity contribution in [1.82, 2.24) is 19.6 Å². The largest absolute Gasteiger partial charge is 0.493 e. The Kier molecular flexibility index (Phi) is 3.55. The number of nitrogens with zero attached hydrogens (tertiary/aromatic N) is 4. The number of benzene rings is 1. The molecule has 0 saturated heterocycles. The van der Waals surface area contributed by atoms with Crippen LogP contribution in [-0.4, -0.2) is 33.8 Å². The minimum Gasteiger partial charge on any atom is -0.493 e. The molecule has 0 spiro atoms. The Bertz CT molecular complexity index is 756. The summed E-state index contributed by atoms with van der Waals surface area (Å²) in [5, 5.41) is 0. The van der Waals surface area contributed by atoms with E-state index in [1.54, 1.807) is 31.4 Å². The smallest absolute Gasteiger partial charge is 0.181 e. The summed E-state index contributed by atoms with van der Waals surface area (Å²) in [6.07, 6.45) is 4.86. The molecule has 0 radical (unpaired) electrons. The van der Waals surface area contributed by atoms with Gasteiger partial charge in [0.05, 0.1) is 27.0 Å². The van der Waals surface area contributed by atoms with E-state index in [-0.39, 0.29) is 0 Å². The molecule has 3 aromatic rings. The fourth-order valence-electron chi connectivity index (χ4n) is 2.05. The molecule has 1 N–H and O–H groups in total. The maximum Gasteiger partial charge on any atom is 0.181 e. The van der Waals surface area contributed by atoms with E-state index in [1.165, 1.54) is 6.33 Å². The molecule has 108 valence electrons. The van der Waals surface area contributed by atoms with E-state index in [1.807, 2.05) is 18.2 Å². The molecule has 7 nitrogen and oxygen atoms in total. The van der Waals surface area contributed by atoms with Crippen LogP contribution in [0.4, 0.5) is 0 Å². The highest BCUT2D eigenvalue weighted by molar-refractivity contribution is 5.69. The van der Waals surface area contributed by atoms with Crippen molar-refractivity contribution in [2.75, 3.05) is 19.6 Å². The molecule has 0 aliphatic rings.